The van der Waals surface area contributed by atoms with E-state index in [0.717, 1.165) is 0 Å². The third-order valence-electron chi connectivity index (χ3n) is 2.35. The summed E-state index contributed by atoms with van der Waals surface area (Å²) in [6, 6.07) is 2.94. The molecule has 0 aliphatic carbocycles. The van der Waals surface area contributed by atoms with Gasteiger partial charge in [0.05, 0.1) is 22.2 Å². The largest absolute Gasteiger partial charge is 0.488 e. The number of aryl methyl sites for hydroxylation is 1. The number of hydrogen-bond donors (Lipinski definition) is 0. The molecule has 9 heteroatoms. The number of carbonyl (C=O) groups is 1. The normalized spacial score (nSPS) is 10.6. The monoisotopic (exact) mass is 334 g/mol. The molecule has 20 heavy (non-hydrogen) atoms. The molecule has 0 N–H and O–H groups in total. The zero-order valence-electron chi connectivity index (χ0n) is 10.3. The van der Waals surface area contributed by atoms with Crippen molar-refractivity contribution >= 4 is 40.0 Å². The molecule has 2 rings (SSSR count). The number of rotatable bonds is 5. The van der Waals surface area contributed by atoms with Crippen LogP contribution in [-0.4, -0.2) is 32.1 Å². The number of aromatic nitrogens is 4. The van der Waals surface area contributed by atoms with Gasteiger partial charge in [0.1, 0.15) is 6.61 Å². The van der Waals surface area contributed by atoms with Gasteiger partial charge in [0.15, 0.2) is 11.6 Å². The van der Waals surface area contributed by atoms with E-state index in [0.29, 0.717) is 17.4 Å². The maximum absolute atomic E-state index is 11.2. The SMILES string of the molecule is Cc1nnn(CCOc2c(Cl)ccc(C(=O)Cl)c2Cl)n1. The number of nitrogens with zero attached hydrogens (tertiary/aromatic N) is 4. The van der Waals surface area contributed by atoms with Gasteiger partial charge in [-0.3, -0.25) is 4.79 Å². The number of halogens is 3. The van der Waals surface area contributed by atoms with Gasteiger partial charge in [-0.15, -0.1) is 10.2 Å². The number of hydrogen-bond acceptors (Lipinski definition) is 5. The minimum absolute atomic E-state index is 0.0835. The van der Waals surface area contributed by atoms with E-state index >= 15 is 0 Å². The van der Waals surface area contributed by atoms with E-state index in [4.69, 9.17) is 39.5 Å². The molecule has 0 amide bonds. The first-order valence-corrected chi connectivity index (χ1v) is 6.67. The first kappa shape index (κ1) is 15.0. The first-order valence-electron chi connectivity index (χ1n) is 5.54. The first-order chi connectivity index (χ1) is 9.49. The molecule has 1 aromatic heterocycles. The van der Waals surface area contributed by atoms with E-state index in [1.165, 1.54) is 16.9 Å². The summed E-state index contributed by atoms with van der Waals surface area (Å²) in [7, 11) is 0. The fraction of sp³-hybridized carbons (Fsp3) is 0.273. The lowest BCUT2D eigenvalue weighted by Crippen LogP contribution is -2.11. The lowest BCUT2D eigenvalue weighted by Gasteiger charge is -2.11. The summed E-state index contributed by atoms with van der Waals surface area (Å²) in [4.78, 5) is 12.6. The Balaban J connectivity index is 2.09. The van der Waals surface area contributed by atoms with Crippen LogP contribution in [0.3, 0.4) is 0 Å². The fourth-order valence-electron chi connectivity index (χ4n) is 1.46. The molecule has 6 nitrogen and oxygen atoms in total. The molecule has 0 aliphatic rings. The molecule has 2 aromatic rings. The number of ether oxygens (including phenoxy) is 1. The molecule has 1 heterocycles. The van der Waals surface area contributed by atoms with Gasteiger partial charge in [0.2, 0.25) is 0 Å². The Morgan fingerprint density at radius 1 is 1.40 bits per heavy atom. The molecule has 0 unspecified atom stereocenters. The number of carbonyl (C=O) groups excluding carboxylic acids is 1. The average Bonchev–Trinajstić information content (AvgIpc) is 2.78. The van der Waals surface area contributed by atoms with Crippen molar-refractivity contribution in [1.82, 2.24) is 20.2 Å². The van der Waals surface area contributed by atoms with Crippen LogP contribution >= 0.6 is 34.8 Å². The highest BCUT2D eigenvalue weighted by Gasteiger charge is 2.16. The molecule has 0 fully saturated rings. The predicted molar refractivity (Wildman–Crippen MR) is 74.7 cm³/mol. The summed E-state index contributed by atoms with van der Waals surface area (Å²) >= 11 is 17.4. The summed E-state index contributed by atoms with van der Waals surface area (Å²) in [5, 5.41) is 11.2. The van der Waals surface area contributed by atoms with Gasteiger partial charge in [-0.1, -0.05) is 23.2 Å². The molecule has 1 aromatic carbocycles. The Labute approximate surface area is 129 Å². The van der Waals surface area contributed by atoms with E-state index in [1.54, 1.807) is 6.92 Å². The molecule has 0 radical (unpaired) electrons. The predicted octanol–water partition coefficient (Wildman–Crippen LogP) is 2.75. The minimum atomic E-state index is -0.676. The Morgan fingerprint density at radius 2 is 2.15 bits per heavy atom. The van der Waals surface area contributed by atoms with Crippen LogP contribution in [0.4, 0.5) is 0 Å². The maximum Gasteiger partial charge on any atom is 0.254 e. The summed E-state index contributed by atoms with van der Waals surface area (Å²) < 4.78 is 5.47. The van der Waals surface area contributed by atoms with Crippen molar-refractivity contribution in [3.8, 4) is 5.75 Å². The van der Waals surface area contributed by atoms with Crippen LogP contribution in [0.1, 0.15) is 16.2 Å². The van der Waals surface area contributed by atoms with Crippen LogP contribution in [0.15, 0.2) is 12.1 Å². The van der Waals surface area contributed by atoms with Crippen LogP contribution in [0.5, 0.6) is 5.75 Å². The molecule has 106 valence electrons. The summed E-state index contributed by atoms with van der Waals surface area (Å²) in [5.41, 5.74) is 0.141. The molecular weight excluding hydrogens is 327 g/mol. The van der Waals surface area contributed by atoms with Crippen molar-refractivity contribution in [1.29, 1.82) is 0 Å². The minimum Gasteiger partial charge on any atom is -0.488 e. The van der Waals surface area contributed by atoms with E-state index in [2.05, 4.69) is 15.4 Å². The quantitative estimate of drug-likeness (QED) is 0.786. The van der Waals surface area contributed by atoms with Crippen LogP contribution < -0.4 is 4.74 Å². The second-order valence-electron chi connectivity index (χ2n) is 3.79. The van der Waals surface area contributed by atoms with Gasteiger partial charge in [-0.25, -0.2) is 0 Å². The molecule has 0 atom stereocenters. The van der Waals surface area contributed by atoms with Gasteiger partial charge < -0.3 is 4.74 Å². The van der Waals surface area contributed by atoms with Crippen molar-refractivity contribution in [3.05, 3.63) is 33.6 Å². The van der Waals surface area contributed by atoms with E-state index in [-0.39, 0.29) is 22.9 Å². The Kier molecular flexibility index (Phi) is 4.80. The van der Waals surface area contributed by atoms with Gasteiger partial charge in [-0.05, 0) is 35.9 Å². The van der Waals surface area contributed by atoms with E-state index in [9.17, 15) is 4.79 Å². The van der Waals surface area contributed by atoms with Crippen LogP contribution in [0.25, 0.3) is 0 Å². The standard InChI is InChI=1S/C11H9Cl3N4O2/c1-6-15-17-18(16-6)4-5-20-10-8(12)3-2-7(9(10)13)11(14)19/h2-3H,4-5H2,1H3. The van der Waals surface area contributed by atoms with Crippen LogP contribution in [0.2, 0.25) is 10.0 Å². The smallest absolute Gasteiger partial charge is 0.254 e. The van der Waals surface area contributed by atoms with Crippen molar-refractivity contribution in [2.24, 2.45) is 0 Å². The number of tetrazole rings is 1. The lowest BCUT2D eigenvalue weighted by molar-refractivity contribution is 0.108. The van der Waals surface area contributed by atoms with E-state index in [1.807, 2.05) is 0 Å². The summed E-state index contributed by atoms with van der Waals surface area (Å²) in [6.45, 7) is 2.31. The molecule has 0 spiro atoms. The zero-order chi connectivity index (χ0) is 14.7. The average molecular weight is 336 g/mol. The van der Waals surface area contributed by atoms with E-state index < -0.39 is 5.24 Å². The summed E-state index contributed by atoms with van der Waals surface area (Å²) in [5.74, 6) is 0.771. The summed E-state index contributed by atoms with van der Waals surface area (Å²) in [6.07, 6.45) is 0. The highest BCUT2D eigenvalue weighted by Crippen LogP contribution is 2.36. The van der Waals surface area contributed by atoms with Crippen molar-refractivity contribution in [3.63, 3.8) is 0 Å². The molecule has 0 aliphatic heterocycles. The molecule has 0 saturated heterocycles. The molecule has 0 bridgehead atoms. The Hall–Kier alpha value is -1.37. The highest BCUT2D eigenvalue weighted by molar-refractivity contribution is 6.69. The number of benzene rings is 1. The lowest BCUT2D eigenvalue weighted by atomic mass is 10.2. The second kappa shape index (κ2) is 6.39. The van der Waals surface area contributed by atoms with Crippen molar-refractivity contribution < 1.29 is 9.53 Å². The fourth-order valence-corrected chi connectivity index (χ4v) is 2.24. The van der Waals surface area contributed by atoms with Gasteiger partial charge in [0.25, 0.3) is 5.24 Å². The van der Waals surface area contributed by atoms with Gasteiger partial charge in [-0.2, -0.15) is 4.80 Å². The van der Waals surface area contributed by atoms with Gasteiger partial charge >= 0.3 is 0 Å². The zero-order valence-corrected chi connectivity index (χ0v) is 12.6. The topological polar surface area (TPSA) is 69.9 Å². The maximum atomic E-state index is 11.2. The highest BCUT2D eigenvalue weighted by atomic mass is 35.5. The molecular formula is C11H9Cl3N4O2. The third kappa shape index (κ3) is 3.39. The van der Waals surface area contributed by atoms with Crippen LogP contribution in [0, 0.1) is 6.92 Å². The molecule has 0 saturated carbocycles. The third-order valence-corrected chi connectivity index (χ3v) is 3.23. The Morgan fingerprint density at radius 3 is 2.75 bits per heavy atom. The van der Waals surface area contributed by atoms with Gasteiger partial charge in [0, 0.05) is 0 Å². The Bertz CT molecular complexity index is 645. The van der Waals surface area contributed by atoms with Crippen molar-refractivity contribution in [2.45, 2.75) is 13.5 Å². The van der Waals surface area contributed by atoms with Crippen molar-refractivity contribution in [2.75, 3.05) is 6.61 Å². The second-order valence-corrected chi connectivity index (χ2v) is 4.92. The van der Waals surface area contributed by atoms with Crippen LogP contribution in [-0.2, 0) is 6.54 Å².